The monoisotopic (exact) mass is 631 g/mol. The van der Waals surface area contributed by atoms with Gasteiger partial charge in [0, 0.05) is 80.7 Å². The maximum atomic E-state index is 13.7. The third-order valence-corrected chi connectivity index (χ3v) is 9.19. The number of likely N-dealkylation sites (tertiary alicyclic amines) is 2. The topological polar surface area (TPSA) is 97.5 Å². The number of piperidine rings is 2. The summed E-state index contributed by atoms with van der Waals surface area (Å²) in [7, 11) is 0. The Bertz CT molecular complexity index is 1650. The van der Waals surface area contributed by atoms with E-state index in [2.05, 4.69) is 27.1 Å². The SMILES string of the molecule is C=CC(=O)N1CCC(Nc2cc(-c3ccc(CN4CCC(F)(F)CC4)cc3)cc(C(=O)NCc3c(C)cc(C)[nH]c3=O)c2C)CC1. The molecule has 0 atom stereocenters. The first-order valence-corrected chi connectivity index (χ1v) is 15.9. The number of H-pyrrole nitrogens is 1. The van der Waals surface area contributed by atoms with E-state index in [0.29, 0.717) is 43.9 Å². The van der Waals surface area contributed by atoms with Gasteiger partial charge in [0.25, 0.3) is 17.4 Å². The molecule has 3 heterocycles. The summed E-state index contributed by atoms with van der Waals surface area (Å²) in [6, 6.07) is 13.9. The van der Waals surface area contributed by atoms with Crippen molar-refractivity contribution in [1.29, 1.82) is 0 Å². The number of aromatic amines is 1. The molecule has 3 N–H and O–H groups in total. The summed E-state index contributed by atoms with van der Waals surface area (Å²) >= 11 is 0. The fourth-order valence-electron chi connectivity index (χ4n) is 6.32. The lowest BCUT2D eigenvalue weighted by Gasteiger charge is -2.33. The minimum absolute atomic E-state index is 0.0695. The molecular weight excluding hydrogens is 588 g/mol. The lowest BCUT2D eigenvalue weighted by Crippen LogP contribution is -2.41. The van der Waals surface area contributed by atoms with Crippen LogP contribution in [0.15, 0.2) is 59.9 Å². The zero-order valence-electron chi connectivity index (χ0n) is 26.8. The van der Waals surface area contributed by atoms with Crippen LogP contribution in [0.4, 0.5) is 14.5 Å². The zero-order valence-corrected chi connectivity index (χ0v) is 26.8. The Hall–Kier alpha value is -4.31. The maximum Gasteiger partial charge on any atom is 0.253 e. The van der Waals surface area contributed by atoms with Crippen LogP contribution in [-0.4, -0.2) is 64.7 Å². The van der Waals surface area contributed by atoms with Gasteiger partial charge in [0.2, 0.25) is 5.91 Å². The van der Waals surface area contributed by atoms with Gasteiger partial charge in [-0.1, -0.05) is 30.8 Å². The van der Waals surface area contributed by atoms with Crippen molar-refractivity contribution in [1.82, 2.24) is 20.1 Å². The molecule has 3 aromatic rings. The molecule has 0 aliphatic carbocycles. The molecule has 0 saturated carbocycles. The fraction of sp³-hybridized carbons (Fsp3) is 0.417. The summed E-state index contributed by atoms with van der Waals surface area (Å²) in [5.74, 6) is -2.93. The van der Waals surface area contributed by atoms with E-state index in [0.717, 1.165) is 52.0 Å². The first-order chi connectivity index (χ1) is 21.9. The predicted molar refractivity (Wildman–Crippen MR) is 177 cm³/mol. The minimum Gasteiger partial charge on any atom is -0.382 e. The van der Waals surface area contributed by atoms with Crippen molar-refractivity contribution < 1.29 is 18.4 Å². The number of alkyl halides is 2. The molecule has 1 aromatic heterocycles. The highest BCUT2D eigenvalue weighted by Gasteiger charge is 2.33. The Morgan fingerprint density at radius 1 is 1.00 bits per heavy atom. The number of anilines is 1. The van der Waals surface area contributed by atoms with E-state index in [1.807, 2.05) is 63.2 Å². The number of aryl methyl sites for hydroxylation is 2. The molecule has 0 bridgehead atoms. The van der Waals surface area contributed by atoms with Gasteiger partial charge in [-0.2, -0.15) is 0 Å². The molecule has 2 aromatic carbocycles. The highest BCUT2D eigenvalue weighted by atomic mass is 19.3. The van der Waals surface area contributed by atoms with Crippen molar-refractivity contribution in [3.8, 4) is 11.1 Å². The van der Waals surface area contributed by atoms with Crippen molar-refractivity contribution in [3.63, 3.8) is 0 Å². The molecule has 2 aliphatic rings. The number of amides is 2. The lowest BCUT2D eigenvalue weighted by molar-refractivity contribution is -0.126. The van der Waals surface area contributed by atoms with Crippen LogP contribution in [0.5, 0.6) is 0 Å². The average Bonchev–Trinajstić information content (AvgIpc) is 3.02. The maximum absolute atomic E-state index is 13.7. The van der Waals surface area contributed by atoms with Crippen LogP contribution >= 0.6 is 0 Å². The van der Waals surface area contributed by atoms with Gasteiger partial charge in [-0.15, -0.1) is 0 Å². The van der Waals surface area contributed by atoms with Gasteiger partial charge in [-0.25, -0.2) is 8.78 Å². The van der Waals surface area contributed by atoms with Gasteiger partial charge in [0.05, 0.1) is 0 Å². The number of nitrogens with zero attached hydrogens (tertiary/aromatic N) is 2. The number of hydrogen-bond acceptors (Lipinski definition) is 5. The number of carbonyl (C=O) groups is 2. The smallest absolute Gasteiger partial charge is 0.253 e. The van der Waals surface area contributed by atoms with Gasteiger partial charge in [-0.05, 0) is 85.7 Å². The first-order valence-electron chi connectivity index (χ1n) is 15.9. The molecule has 2 fully saturated rings. The summed E-state index contributed by atoms with van der Waals surface area (Å²) in [6.45, 7) is 11.9. The molecule has 0 spiro atoms. The van der Waals surface area contributed by atoms with Gasteiger partial charge < -0.3 is 20.5 Å². The van der Waals surface area contributed by atoms with E-state index >= 15 is 0 Å². The van der Waals surface area contributed by atoms with Crippen molar-refractivity contribution in [2.45, 2.75) is 71.5 Å². The molecule has 5 rings (SSSR count). The highest BCUT2D eigenvalue weighted by molar-refractivity contribution is 5.98. The van der Waals surface area contributed by atoms with Crippen LogP contribution in [0.25, 0.3) is 11.1 Å². The van der Waals surface area contributed by atoms with Crippen molar-refractivity contribution in [2.75, 3.05) is 31.5 Å². The Labute approximate surface area is 268 Å². The summed E-state index contributed by atoms with van der Waals surface area (Å²) < 4.78 is 27.2. The van der Waals surface area contributed by atoms with Gasteiger partial charge in [-0.3, -0.25) is 19.3 Å². The van der Waals surface area contributed by atoms with Crippen LogP contribution in [0.1, 0.15) is 64.0 Å². The molecule has 2 aliphatic heterocycles. The van der Waals surface area contributed by atoms with E-state index in [4.69, 9.17) is 0 Å². The van der Waals surface area contributed by atoms with Crippen LogP contribution in [0.2, 0.25) is 0 Å². The number of carbonyl (C=O) groups excluding carboxylic acids is 2. The molecular formula is C36H43F2N5O3. The lowest BCUT2D eigenvalue weighted by atomic mass is 9.95. The second-order valence-corrected chi connectivity index (χ2v) is 12.6. The number of rotatable bonds is 9. The average molecular weight is 632 g/mol. The predicted octanol–water partition coefficient (Wildman–Crippen LogP) is 5.72. The Balaban J connectivity index is 1.38. The van der Waals surface area contributed by atoms with Crippen LogP contribution in [0, 0.1) is 20.8 Å². The number of benzene rings is 2. The van der Waals surface area contributed by atoms with Crippen molar-refractivity contribution >= 4 is 17.5 Å². The Morgan fingerprint density at radius 2 is 1.67 bits per heavy atom. The molecule has 0 unspecified atom stereocenters. The Morgan fingerprint density at radius 3 is 2.30 bits per heavy atom. The van der Waals surface area contributed by atoms with E-state index in [9.17, 15) is 23.2 Å². The molecule has 2 saturated heterocycles. The third kappa shape index (κ3) is 7.91. The summed E-state index contributed by atoms with van der Waals surface area (Å²) in [5.41, 5.74) is 6.81. The summed E-state index contributed by atoms with van der Waals surface area (Å²) in [6.07, 6.45) is 2.64. The van der Waals surface area contributed by atoms with Gasteiger partial charge in [0.1, 0.15) is 0 Å². The number of hydrogen-bond donors (Lipinski definition) is 3. The van der Waals surface area contributed by atoms with Crippen LogP contribution in [0.3, 0.4) is 0 Å². The molecule has 46 heavy (non-hydrogen) atoms. The van der Waals surface area contributed by atoms with E-state index in [1.165, 1.54) is 6.08 Å². The van der Waals surface area contributed by atoms with Gasteiger partial charge >= 0.3 is 0 Å². The number of aromatic nitrogens is 1. The summed E-state index contributed by atoms with van der Waals surface area (Å²) in [5, 5.41) is 6.59. The van der Waals surface area contributed by atoms with Gasteiger partial charge in [0.15, 0.2) is 0 Å². The fourth-order valence-corrected chi connectivity index (χ4v) is 6.32. The standard InChI is InChI=1S/C36H43F2N5O3/c1-5-33(44)43-14-10-29(11-15-43)41-32-20-28(27-8-6-26(7-9-27)22-42-16-12-36(37,38)13-17-42)19-30(25(32)4)34(45)39-21-31-23(2)18-24(3)40-35(31)46/h5-9,18-20,29,41H,1,10-17,21-22H2,2-4H3,(H,39,45)(H,40,46). The van der Waals surface area contributed by atoms with Crippen LogP contribution in [-0.2, 0) is 17.9 Å². The Kier molecular flexibility index (Phi) is 10.1. The first kappa shape index (κ1) is 33.1. The number of nitrogens with one attached hydrogen (secondary N) is 3. The normalized spacial score (nSPS) is 17.0. The highest BCUT2D eigenvalue weighted by Crippen LogP contribution is 2.32. The van der Waals surface area contributed by atoms with Crippen molar-refractivity contribution in [2.24, 2.45) is 0 Å². The van der Waals surface area contributed by atoms with E-state index in [1.54, 1.807) is 4.90 Å². The molecule has 244 valence electrons. The number of pyridine rings is 1. The van der Waals surface area contributed by atoms with Crippen LogP contribution < -0.4 is 16.2 Å². The quantitative estimate of drug-likeness (QED) is 0.263. The summed E-state index contributed by atoms with van der Waals surface area (Å²) in [4.78, 5) is 45.0. The van der Waals surface area contributed by atoms with E-state index < -0.39 is 5.92 Å². The van der Waals surface area contributed by atoms with Crippen molar-refractivity contribution in [3.05, 3.63) is 99.0 Å². The largest absolute Gasteiger partial charge is 0.382 e. The molecule has 10 heteroatoms. The zero-order chi connectivity index (χ0) is 33.0. The number of halogens is 2. The second-order valence-electron chi connectivity index (χ2n) is 12.6. The minimum atomic E-state index is -2.57. The second kappa shape index (κ2) is 14.0. The van der Waals surface area contributed by atoms with E-state index in [-0.39, 0.29) is 42.8 Å². The third-order valence-electron chi connectivity index (χ3n) is 9.19. The molecule has 2 amide bonds. The molecule has 0 radical (unpaired) electrons. The molecule has 8 nitrogen and oxygen atoms in total.